The summed E-state index contributed by atoms with van der Waals surface area (Å²) in [4.78, 5) is 17.5. The first-order valence-corrected chi connectivity index (χ1v) is 11.6. The molecule has 0 spiro atoms. The van der Waals surface area contributed by atoms with Gasteiger partial charge in [-0.3, -0.25) is 14.6 Å². The van der Waals surface area contributed by atoms with Crippen LogP contribution in [0.3, 0.4) is 0 Å². The molecule has 0 unspecified atom stereocenters. The van der Waals surface area contributed by atoms with Crippen molar-refractivity contribution in [2.24, 2.45) is 5.92 Å². The number of nitrogens with one attached hydrogen (secondary N) is 1. The summed E-state index contributed by atoms with van der Waals surface area (Å²) in [5, 5.41) is 3.16. The van der Waals surface area contributed by atoms with Gasteiger partial charge >= 0.3 is 0 Å². The van der Waals surface area contributed by atoms with Crippen LogP contribution in [-0.2, 0) is 29.2 Å². The SMILES string of the molecule is Cc1cccc(CN2CCC(C(=O)NCc3ccc(CN4CCOCC4)cc3)CC2)c1. The number of carbonyl (C=O) groups is 1. The van der Waals surface area contributed by atoms with Gasteiger partial charge in [-0.25, -0.2) is 0 Å². The van der Waals surface area contributed by atoms with Gasteiger partial charge in [-0.15, -0.1) is 0 Å². The number of ether oxygens (including phenoxy) is 1. The van der Waals surface area contributed by atoms with Crippen LogP contribution in [0.4, 0.5) is 0 Å². The third kappa shape index (κ3) is 6.63. The van der Waals surface area contributed by atoms with Gasteiger partial charge in [0, 0.05) is 38.6 Å². The Labute approximate surface area is 186 Å². The van der Waals surface area contributed by atoms with Crippen LogP contribution in [0.2, 0.25) is 0 Å². The van der Waals surface area contributed by atoms with E-state index in [9.17, 15) is 4.79 Å². The van der Waals surface area contributed by atoms with E-state index < -0.39 is 0 Å². The number of hydrogen-bond acceptors (Lipinski definition) is 4. The molecule has 2 aliphatic heterocycles. The number of aryl methyl sites for hydroxylation is 1. The zero-order valence-corrected chi connectivity index (χ0v) is 18.7. The lowest BCUT2D eigenvalue weighted by molar-refractivity contribution is -0.126. The minimum absolute atomic E-state index is 0.134. The average molecular weight is 422 g/mol. The van der Waals surface area contributed by atoms with Crippen molar-refractivity contribution in [1.82, 2.24) is 15.1 Å². The average Bonchev–Trinajstić information content (AvgIpc) is 2.80. The molecule has 2 aromatic rings. The minimum Gasteiger partial charge on any atom is -0.379 e. The molecule has 5 nitrogen and oxygen atoms in total. The van der Waals surface area contributed by atoms with Crippen LogP contribution in [0.25, 0.3) is 0 Å². The number of morpholine rings is 1. The lowest BCUT2D eigenvalue weighted by Gasteiger charge is -2.31. The van der Waals surface area contributed by atoms with Gasteiger partial charge in [0.1, 0.15) is 0 Å². The Morgan fingerprint density at radius 1 is 0.903 bits per heavy atom. The molecular weight excluding hydrogens is 386 g/mol. The maximum Gasteiger partial charge on any atom is 0.223 e. The maximum absolute atomic E-state index is 12.7. The molecule has 0 bridgehead atoms. The highest BCUT2D eigenvalue weighted by Crippen LogP contribution is 2.20. The number of hydrogen-bond donors (Lipinski definition) is 1. The zero-order valence-electron chi connectivity index (χ0n) is 18.7. The summed E-state index contributed by atoms with van der Waals surface area (Å²) in [6.45, 7) is 10.3. The fourth-order valence-corrected chi connectivity index (χ4v) is 4.54. The lowest BCUT2D eigenvalue weighted by Crippen LogP contribution is -2.40. The minimum atomic E-state index is 0.134. The molecule has 2 fully saturated rings. The number of nitrogens with zero attached hydrogens (tertiary/aromatic N) is 2. The summed E-state index contributed by atoms with van der Waals surface area (Å²) in [5.41, 5.74) is 5.15. The Balaban J connectivity index is 1.18. The Bertz CT molecular complexity index is 838. The fraction of sp³-hybridized carbons (Fsp3) is 0.500. The molecular formula is C26H35N3O2. The second-order valence-electron chi connectivity index (χ2n) is 8.96. The van der Waals surface area contributed by atoms with Crippen LogP contribution in [0.15, 0.2) is 48.5 Å². The van der Waals surface area contributed by atoms with Crippen molar-refractivity contribution in [3.05, 3.63) is 70.8 Å². The van der Waals surface area contributed by atoms with E-state index in [1.54, 1.807) is 0 Å². The summed E-state index contributed by atoms with van der Waals surface area (Å²) < 4.78 is 5.41. The van der Waals surface area contributed by atoms with E-state index >= 15 is 0 Å². The zero-order chi connectivity index (χ0) is 21.5. The molecule has 2 aromatic carbocycles. The molecule has 2 saturated heterocycles. The standard InChI is InChI=1S/C26H35N3O2/c1-21-3-2-4-24(17-21)20-28-11-9-25(10-12-28)26(30)27-18-22-5-7-23(8-6-22)19-29-13-15-31-16-14-29/h2-8,17,25H,9-16,18-20H2,1H3,(H,27,30). The van der Waals surface area contributed by atoms with Crippen molar-refractivity contribution in [3.63, 3.8) is 0 Å². The monoisotopic (exact) mass is 421 g/mol. The quantitative estimate of drug-likeness (QED) is 0.745. The summed E-state index contributed by atoms with van der Waals surface area (Å²) in [5.74, 6) is 0.335. The summed E-state index contributed by atoms with van der Waals surface area (Å²) in [6.07, 6.45) is 1.88. The Morgan fingerprint density at radius 3 is 2.26 bits per heavy atom. The topological polar surface area (TPSA) is 44.8 Å². The molecule has 4 rings (SSSR count). The van der Waals surface area contributed by atoms with Crippen molar-refractivity contribution in [1.29, 1.82) is 0 Å². The number of carbonyl (C=O) groups excluding carboxylic acids is 1. The second kappa shape index (κ2) is 10.9. The van der Waals surface area contributed by atoms with Crippen molar-refractivity contribution in [2.45, 2.75) is 39.4 Å². The van der Waals surface area contributed by atoms with E-state index in [0.717, 1.165) is 70.9 Å². The molecule has 2 aliphatic rings. The van der Waals surface area contributed by atoms with Crippen molar-refractivity contribution >= 4 is 5.91 Å². The maximum atomic E-state index is 12.7. The first-order chi connectivity index (χ1) is 15.2. The number of amides is 1. The molecule has 5 heteroatoms. The van der Waals surface area contributed by atoms with Crippen LogP contribution >= 0.6 is 0 Å². The van der Waals surface area contributed by atoms with E-state index in [1.807, 2.05) is 0 Å². The predicted molar refractivity (Wildman–Crippen MR) is 124 cm³/mol. The molecule has 1 amide bonds. The first kappa shape index (κ1) is 22.0. The molecule has 1 N–H and O–H groups in total. The predicted octanol–water partition coefficient (Wildman–Crippen LogP) is 3.36. The van der Waals surface area contributed by atoms with E-state index in [0.29, 0.717) is 6.54 Å². The Morgan fingerprint density at radius 2 is 1.55 bits per heavy atom. The molecule has 0 aromatic heterocycles. The van der Waals surface area contributed by atoms with Gasteiger partial charge in [0.05, 0.1) is 13.2 Å². The smallest absolute Gasteiger partial charge is 0.223 e. The van der Waals surface area contributed by atoms with Crippen molar-refractivity contribution < 1.29 is 9.53 Å². The van der Waals surface area contributed by atoms with Crippen LogP contribution in [0, 0.1) is 12.8 Å². The molecule has 31 heavy (non-hydrogen) atoms. The van der Waals surface area contributed by atoms with E-state index in [2.05, 4.69) is 70.6 Å². The van der Waals surface area contributed by atoms with Crippen molar-refractivity contribution in [2.75, 3.05) is 39.4 Å². The molecule has 0 saturated carbocycles. The van der Waals surface area contributed by atoms with Crippen LogP contribution in [0.5, 0.6) is 0 Å². The van der Waals surface area contributed by atoms with Crippen LogP contribution < -0.4 is 5.32 Å². The molecule has 0 aliphatic carbocycles. The Kier molecular flexibility index (Phi) is 7.73. The highest BCUT2D eigenvalue weighted by Gasteiger charge is 2.24. The van der Waals surface area contributed by atoms with E-state index in [1.165, 1.54) is 16.7 Å². The lowest BCUT2D eigenvalue weighted by atomic mass is 9.95. The number of rotatable bonds is 7. The number of benzene rings is 2. The number of piperidine rings is 1. The number of likely N-dealkylation sites (tertiary alicyclic amines) is 1. The second-order valence-corrected chi connectivity index (χ2v) is 8.96. The van der Waals surface area contributed by atoms with E-state index in [4.69, 9.17) is 4.74 Å². The van der Waals surface area contributed by atoms with Gasteiger partial charge in [0.15, 0.2) is 0 Å². The highest BCUT2D eigenvalue weighted by atomic mass is 16.5. The third-order valence-corrected chi connectivity index (χ3v) is 6.45. The van der Waals surface area contributed by atoms with Gasteiger partial charge in [0.2, 0.25) is 5.91 Å². The normalized spacial score (nSPS) is 18.7. The third-order valence-electron chi connectivity index (χ3n) is 6.45. The van der Waals surface area contributed by atoms with Crippen LogP contribution in [0.1, 0.15) is 35.1 Å². The van der Waals surface area contributed by atoms with E-state index in [-0.39, 0.29) is 11.8 Å². The largest absolute Gasteiger partial charge is 0.379 e. The molecule has 2 heterocycles. The van der Waals surface area contributed by atoms with Gasteiger partial charge in [-0.1, -0.05) is 54.1 Å². The molecule has 166 valence electrons. The van der Waals surface area contributed by atoms with Gasteiger partial charge in [0.25, 0.3) is 0 Å². The fourth-order valence-electron chi connectivity index (χ4n) is 4.54. The Hall–Kier alpha value is -2.21. The molecule has 0 atom stereocenters. The highest BCUT2D eigenvalue weighted by molar-refractivity contribution is 5.78. The van der Waals surface area contributed by atoms with Gasteiger partial charge in [-0.05, 0) is 49.5 Å². The summed E-state index contributed by atoms with van der Waals surface area (Å²) in [6, 6.07) is 17.4. The van der Waals surface area contributed by atoms with Crippen LogP contribution in [-0.4, -0.2) is 55.1 Å². The summed E-state index contributed by atoms with van der Waals surface area (Å²) >= 11 is 0. The first-order valence-electron chi connectivity index (χ1n) is 11.6. The van der Waals surface area contributed by atoms with Gasteiger partial charge < -0.3 is 10.1 Å². The molecule has 0 radical (unpaired) electrons. The summed E-state index contributed by atoms with van der Waals surface area (Å²) in [7, 11) is 0. The van der Waals surface area contributed by atoms with Crippen molar-refractivity contribution in [3.8, 4) is 0 Å². The van der Waals surface area contributed by atoms with Gasteiger partial charge in [-0.2, -0.15) is 0 Å².